The van der Waals surface area contributed by atoms with Crippen molar-refractivity contribution in [3.05, 3.63) is 41.9 Å². The fourth-order valence-electron chi connectivity index (χ4n) is 1.71. The molecule has 7 heteroatoms. The van der Waals surface area contributed by atoms with Crippen LogP contribution < -0.4 is 5.32 Å². The van der Waals surface area contributed by atoms with E-state index in [2.05, 4.69) is 15.4 Å². The highest BCUT2D eigenvalue weighted by Crippen LogP contribution is 2.28. The smallest absolute Gasteiger partial charge is 0.370 e. The van der Waals surface area contributed by atoms with Gasteiger partial charge in [0, 0.05) is 18.9 Å². The SMILES string of the molecule is CCCNc1cc(Cn2cc(C(F)(F)F)cn2)ccn1. The van der Waals surface area contributed by atoms with Gasteiger partial charge in [0.2, 0.25) is 0 Å². The molecule has 0 unspecified atom stereocenters. The molecule has 0 saturated heterocycles. The number of halogens is 3. The molecule has 0 aromatic carbocycles. The third-order valence-corrected chi connectivity index (χ3v) is 2.69. The van der Waals surface area contributed by atoms with Gasteiger partial charge in [0.25, 0.3) is 0 Å². The molecule has 1 N–H and O–H groups in total. The van der Waals surface area contributed by atoms with Gasteiger partial charge in [-0.05, 0) is 24.1 Å². The molecule has 2 rings (SSSR count). The lowest BCUT2D eigenvalue weighted by atomic mass is 10.2. The van der Waals surface area contributed by atoms with Crippen LogP contribution in [-0.2, 0) is 12.7 Å². The van der Waals surface area contributed by atoms with Gasteiger partial charge >= 0.3 is 6.18 Å². The Morgan fingerprint density at radius 3 is 2.80 bits per heavy atom. The van der Waals surface area contributed by atoms with Gasteiger partial charge in [0.05, 0.1) is 18.3 Å². The number of hydrogen-bond donors (Lipinski definition) is 1. The van der Waals surface area contributed by atoms with Gasteiger partial charge in [-0.15, -0.1) is 0 Å². The number of rotatable bonds is 5. The average molecular weight is 284 g/mol. The molecular weight excluding hydrogens is 269 g/mol. The quantitative estimate of drug-likeness (QED) is 0.917. The molecule has 0 spiro atoms. The summed E-state index contributed by atoms with van der Waals surface area (Å²) in [5.74, 6) is 0.715. The summed E-state index contributed by atoms with van der Waals surface area (Å²) in [5, 5.41) is 6.85. The first-order valence-corrected chi connectivity index (χ1v) is 6.27. The van der Waals surface area contributed by atoms with E-state index in [-0.39, 0.29) is 6.54 Å². The summed E-state index contributed by atoms with van der Waals surface area (Å²) in [6.07, 6.45) is 0.0723. The van der Waals surface area contributed by atoms with Crippen LogP contribution in [0.1, 0.15) is 24.5 Å². The van der Waals surface area contributed by atoms with E-state index in [4.69, 9.17) is 0 Å². The first-order valence-electron chi connectivity index (χ1n) is 6.27. The van der Waals surface area contributed by atoms with Crippen molar-refractivity contribution in [2.24, 2.45) is 0 Å². The van der Waals surface area contributed by atoms with Crippen LogP contribution in [0, 0.1) is 0 Å². The van der Waals surface area contributed by atoms with Crippen LogP contribution in [-0.4, -0.2) is 21.3 Å². The zero-order valence-electron chi connectivity index (χ0n) is 11.0. The maximum absolute atomic E-state index is 12.5. The summed E-state index contributed by atoms with van der Waals surface area (Å²) in [7, 11) is 0. The molecule has 0 atom stereocenters. The summed E-state index contributed by atoms with van der Waals surface area (Å²) in [4.78, 5) is 4.14. The van der Waals surface area contributed by atoms with Gasteiger partial charge in [0.1, 0.15) is 5.82 Å². The highest BCUT2D eigenvalue weighted by Gasteiger charge is 2.32. The Morgan fingerprint density at radius 2 is 2.15 bits per heavy atom. The third-order valence-electron chi connectivity index (χ3n) is 2.69. The van der Waals surface area contributed by atoms with Crippen molar-refractivity contribution < 1.29 is 13.2 Å². The highest BCUT2D eigenvalue weighted by atomic mass is 19.4. The molecular formula is C13H15F3N4. The summed E-state index contributed by atoms with van der Waals surface area (Å²) >= 11 is 0. The predicted molar refractivity (Wildman–Crippen MR) is 69.3 cm³/mol. The average Bonchev–Trinajstić information content (AvgIpc) is 2.85. The predicted octanol–water partition coefficient (Wildman–Crippen LogP) is 3.17. The molecule has 0 saturated carbocycles. The largest absolute Gasteiger partial charge is 0.419 e. The Bertz CT molecular complexity index is 563. The van der Waals surface area contributed by atoms with Crippen molar-refractivity contribution in [1.82, 2.24) is 14.8 Å². The summed E-state index contributed by atoms with van der Waals surface area (Å²) < 4.78 is 38.7. The van der Waals surface area contributed by atoms with Crippen LogP contribution in [0.3, 0.4) is 0 Å². The van der Waals surface area contributed by atoms with Crippen molar-refractivity contribution >= 4 is 5.82 Å². The zero-order valence-corrected chi connectivity index (χ0v) is 11.0. The lowest BCUT2D eigenvalue weighted by Gasteiger charge is -2.06. The lowest BCUT2D eigenvalue weighted by Crippen LogP contribution is -2.05. The number of alkyl halides is 3. The molecule has 2 aromatic rings. The minimum Gasteiger partial charge on any atom is -0.370 e. The molecule has 0 aliphatic carbocycles. The van der Waals surface area contributed by atoms with Crippen LogP contribution in [0.2, 0.25) is 0 Å². The molecule has 0 aliphatic rings. The highest BCUT2D eigenvalue weighted by molar-refractivity contribution is 5.37. The van der Waals surface area contributed by atoms with Crippen LogP contribution in [0.25, 0.3) is 0 Å². The molecule has 0 bridgehead atoms. The maximum atomic E-state index is 12.5. The molecule has 20 heavy (non-hydrogen) atoms. The van der Waals surface area contributed by atoms with Crippen LogP contribution in [0.5, 0.6) is 0 Å². The third kappa shape index (κ3) is 3.72. The summed E-state index contributed by atoms with van der Waals surface area (Å²) in [6.45, 7) is 3.12. The van der Waals surface area contributed by atoms with Crippen molar-refractivity contribution in [1.29, 1.82) is 0 Å². The van der Waals surface area contributed by atoms with E-state index in [0.29, 0.717) is 5.82 Å². The summed E-state index contributed by atoms with van der Waals surface area (Å²) in [6, 6.07) is 3.57. The molecule has 2 heterocycles. The normalized spacial score (nSPS) is 11.6. The number of nitrogens with one attached hydrogen (secondary N) is 1. The number of aromatic nitrogens is 3. The molecule has 108 valence electrons. The van der Waals surface area contributed by atoms with Crippen molar-refractivity contribution in [3.8, 4) is 0 Å². The molecule has 0 radical (unpaired) electrons. The second-order valence-electron chi connectivity index (χ2n) is 4.40. The minimum atomic E-state index is -4.36. The van der Waals surface area contributed by atoms with E-state index in [1.54, 1.807) is 12.3 Å². The van der Waals surface area contributed by atoms with Gasteiger partial charge in [-0.2, -0.15) is 18.3 Å². The van der Waals surface area contributed by atoms with Gasteiger partial charge in [-0.25, -0.2) is 4.98 Å². The lowest BCUT2D eigenvalue weighted by molar-refractivity contribution is -0.137. The fraction of sp³-hybridized carbons (Fsp3) is 0.385. The second-order valence-corrected chi connectivity index (χ2v) is 4.40. The fourth-order valence-corrected chi connectivity index (χ4v) is 1.71. The monoisotopic (exact) mass is 284 g/mol. The first-order chi connectivity index (χ1) is 9.49. The molecule has 0 aliphatic heterocycles. The van der Waals surface area contributed by atoms with Crippen LogP contribution >= 0.6 is 0 Å². The number of anilines is 1. The van der Waals surface area contributed by atoms with Crippen LogP contribution in [0.15, 0.2) is 30.7 Å². The van der Waals surface area contributed by atoms with Crippen molar-refractivity contribution in [3.63, 3.8) is 0 Å². The van der Waals surface area contributed by atoms with Crippen molar-refractivity contribution in [2.75, 3.05) is 11.9 Å². The Balaban J connectivity index is 2.08. The zero-order chi connectivity index (χ0) is 14.6. The van der Waals surface area contributed by atoms with E-state index >= 15 is 0 Å². The topological polar surface area (TPSA) is 42.7 Å². The van der Waals surface area contributed by atoms with Gasteiger partial charge in [0.15, 0.2) is 0 Å². The number of nitrogens with zero attached hydrogens (tertiary/aromatic N) is 3. The molecule has 0 amide bonds. The summed E-state index contributed by atoms with van der Waals surface area (Å²) in [5.41, 5.74) is 0.103. The number of hydrogen-bond acceptors (Lipinski definition) is 3. The Hall–Kier alpha value is -2.05. The standard InChI is InChI=1S/C13H15F3N4/c1-2-4-17-12-6-10(3-5-18-12)8-20-9-11(7-19-20)13(14,15)16/h3,5-7,9H,2,4,8H2,1H3,(H,17,18). The van der Waals surface area contributed by atoms with Crippen molar-refractivity contribution in [2.45, 2.75) is 26.1 Å². The Labute approximate surface area is 114 Å². The second kappa shape index (κ2) is 5.94. The maximum Gasteiger partial charge on any atom is 0.419 e. The molecule has 4 nitrogen and oxygen atoms in total. The van der Waals surface area contributed by atoms with Gasteiger partial charge < -0.3 is 5.32 Å². The van der Waals surface area contributed by atoms with Crippen LogP contribution in [0.4, 0.5) is 19.0 Å². The first kappa shape index (κ1) is 14.4. The van der Waals surface area contributed by atoms with E-state index in [0.717, 1.165) is 30.9 Å². The van der Waals surface area contributed by atoms with Gasteiger partial charge in [-0.1, -0.05) is 6.92 Å². The van der Waals surface area contributed by atoms with E-state index in [9.17, 15) is 13.2 Å². The Kier molecular flexibility index (Phi) is 4.26. The molecule has 0 fully saturated rings. The van der Waals surface area contributed by atoms with E-state index < -0.39 is 11.7 Å². The van der Waals surface area contributed by atoms with E-state index in [1.165, 1.54) is 4.68 Å². The Morgan fingerprint density at radius 1 is 1.35 bits per heavy atom. The van der Waals surface area contributed by atoms with E-state index in [1.807, 2.05) is 13.0 Å². The van der Waals surface area contributed by atoms with Gasteiger partial charge in [-0.3, -0.25) is 4.68 Å². The minimum absolute atomic E-state index is 0.277. The molecule has 2 aromatic heterocycles. The number of pyridine rings is 1.